The van der Waals surface area contributed by atoms with Crippen molar-refractivity contribution < 1.29 is 28.7 Å². The van der Waals surface area contributed by atoms with Gasteiger partial charge in [0.25, 0.3) is 0 Å². The third kappa shape index (κ3) is 13.7. The molecule has 0 aliphatic carbocycles. The van der Waals surface area contributed by atoms with Gasteiger partial charge < -0.3 is 30.7 Å². The Balaban J connectivity index is 1.70. The van der Waals surface area contributed by atoms with E-state index in [9.17, 15) is 19.2 Å². The zero-order valence-corrected chi connectivity index (χ0v) is 28.5. The van der Waals surface area contributed by atoms with Gasteiger partial charge in [0.15, 0.2) is 0 Å². The Morgan fingerprint density at radius 2 is 1.36 bits per heavy atom. The number of fused-ring (bicyclic) bond motifs is 1. The predicted molar refractivity (Wildman–Crippen MR) is 183 cm³/mol. The minimum Gasteiger partial charge on any atom is -0.444 e. The van der Waals surface area contributed by atoms with E-state index >= 15 is 0 Å². The summed E-state index contributed by atoms with van der Waals surface area (Å²) in [5.41, 5.74) is 1.02. The van der Waals surface area contributed by atoms with Crippen LogP contribution in [-0.2, 0) is 25.5 Å². The van der Waals surface area contributed by atoms with Gasteiger partial charge in [-0.15, -0.1) is 0 Å². The second-order valence-electron chi connectivity index (χ2n) is 13.8. The minimum atomic E-state index is -0.824. The smallest absolute Gasteiger partial charge is 0.407 e. The maximum Gasteiger partial charge on any atom is 0.407 e. The number of para-hydroxylation sites is 1. The Morgan fingerprint density at radius 1 is 0.787 bits per heavy atom. The topological polar surface area (TPSA) is 148 Å². The van der Waals surface area contributed by atoms with Crippen molar-refractivity contribution in [1.29, 1.82) is 0 Å². The average Bonchev–Trinajstić information content (AvgIpc) is 2.99. The maximum atomic E-state index is 13.6. The van der Waals surface area contributed by atoms with E-state index in [-0.39, 0.29) is 30.8 Å². The number of pyridine rings is 1. The molecule has 1 aromatic heterocycles. The number of nitrogens with one attached hydrogen (secondary N) is 4. The zero-order valence-electron chi connectivity index (χ0n) is 28.5. The summed E-state index contributed by atoms with van der Waals surface area (Å²) in [6.07, 6.45) is 1.65. The summed E-state index contributed by atoms with van der Waals surface area (Å²) in [7, 11) is 0. The van der Waals surface area contributed by atoms with Gasteiger partial charge in [-0.2, -0.15) is 0 Å². The summed E-state index contributed by atoms with van der Waals surface area (Å²) in [5.74, 6) is -1.58. The second-order valence-corrected chi connectivity index (χ2v) is 13.8. The van der Waals surface area contributed by atoms with E-state index in [1.165, 1.54) is 0 Å². The molecule has 11 nitrogen and oxygen atoms in total. The number of carbonyl (C=O) groups is 4. The molecule has 0 bridgehead atoms. The summed E-state index contributed by atoms with van der Waals surface area (Å²) in [5, 5.41) is 12.2. The Hall–Kier alpha value is -4.67. The SMILES string of the molecule is CC(CC(CNC(=O)OC(C)(C)C)CNC(=O)OC(C)(C)C)C(=O)NC(CCc1ccccc1)C(=O)Nc1cnc2ccccc2c1. The number of alkyl carbamates (subject to hydrolysis) is 2. The van der Waals surface area contributed by atoms with Gasteiger partial charge in [-0.1, -0.05) is 55.5 Å². The van der Waals surface area contributed by atoms with Gasteiger partial charge in [0.1, 0.15) is 17.2 Å². The van der Waals surface area contributed by atoms with E-state index in [4.69, 9.17) is 9.47 Å². The molecule has 0 fully saturated rings. The first-order chi connectivity index (χ1) is 22.1. The van der Waals surface area contributed by atoms with Crippen LogP contribution in [0.4, 0.5) is 15.3 Å². The van der Waals surface area contributed by atoms with E-state index in [0.717, 1.165) is 16.5 Å². The second kappa shape index (κ2) is 16.8. The molecule has 0 spiro atoms. The standard InChI is InChI=1S/C36H49N5O6/c1-24(19-26(21-38-33(44)46-35(2,3)4)22-39-34(45)47-36(5,6)7)31(42)41-30(18-17-25-13-9-8-10-14-25)32(43)40-28-20-27-15-11-12-16-29(27)37-23-28/h8-16,20,23-24,26,30H,17-19,21-22H2,1-7H3,(H,38,44)(H,39,45)(H,40,43)(H,41,42). The van der Waals surface area contributed by atoms with Gasteiger partial charge in [0.05, 0.1) is 17.4 Å². The summed E-state index contributed by atoms with van der Waals surface area (Å²) in [4.78, 5) is 56.3. The van der Waals surface area contributed by atoms with Crippen molar-refractivity contribution in [3.63, 3.8) is 0 Å². The molecule has 0 radical (unpaired) electrons. The molecule has 4 amide bonds. The Morgan fingerprint density at radius 3 is 1.96 bits per heavy atom. The molecule has 3 rings (SSSR count). The number of aryl methyl sites for hydroxylation is 1. The lowest BCUT2D eigenvalue weighted by molar-refractivity contribution is -0.129. The highest BCUT2D eigenvalue weighted by atomic mass is 16.6. The lowest BCUT2D eigenvalue weighted by Crippen LogP contribution is -2.47. The van der Waals surface area contributed by atoms with Crippen molar-refractivity contribution in [2.45, 2.75) is 85.0 Å². The van der Waals surface area contributed by atoms with E-state index in [2.05, 4.69) is 26.3 Å². The normalized spacial score (nSPS) is 12.9. The molecule has 2 atom stereocenters. The maximum absolute atomic E-state index is 13.6. The molecular weight excluding hydrogens is 598 g/mol. The average molecular weight is 648 g/mol. The molecule has 4 N–H and O–H groups in total. The highest BCUT2D eigenvalue weighted by Crippen LogP contribution is 2.18. The first-order valence-corrected chi connectivity index (χ1v) is 16.0. The monoisotopic (exact) mass is 647 g/mol. The van der Waals surface area contributed by atoms with Gasteiger partial charge in [-0.05, 0) is 84.4 Å². The lowest BCUT2D eigenvalue weighted by atomic mass is 9.94. The fourth-order valence-corrected chi connectivity index (χ4v) is 4.84. The first kappa shape index (κ1) is 36.8. The van der Waals surface area contributed by atoms with Gasteiger partial charge >= 0.3 is 12.2 Å². The molecule has 0 aliphatic heterocycles. The van der Waals surface area contributed by atoms with Gasteiger partial charge in [-0.25, -0.2) is 9.59 Å². The molecule has 0 saturated heterocycles. The summed E-state index contributed by atoms with van der Waals surface area (Å²) < 4.78 is 10.7. The molecule has 1 heterocycles. The van der Waals surface area contributed by atoms with E-state index in [1.54, 1.807) is 54.7 Å². The number of aromatic nitrogens is 1. The van der Waals surface area contributed by atoms with Crippen LogP contribution in [0, 0.1) is 11.8 Å². The molecule has 0 saturated carbocycles. The quantitative estimate of drug-likeness (QED) is 0.178. The van der Waals surface area contributed by atoms with Crippen LogP contribution < -0.4 is 21.3 Å². The Labute approximate surface area is 277 Å². The third-order valence-electron chi connectivity index (χ3n) is 7.06. The Kier molecular flexibility index (Phi) is 13.1. The number of hydrogen-bond acceptors (Lipinski definition) is 7. The number of nitrogens with zero attached hydrogens (tertiary/aromatic N) is 1. The van der Waals surface area contributed by atoms with Crippen LogP contribution in [-0.4, -0.2) is 59.3 Å². The van der Waals surface area contributed by atoms with Crippen molar-refractivity contribution in [2.75, 3.05) is 18.4 Å². The van der Waals surface area contributed by atoms with Gasteiger partial charge in [-0.3, -0.25) is 14.6 Å². The summed E-state index contributed by atoms with van der Waals surface area (Å²) in [6, 6.07) is 18.4. The fraction of sp³-hybridized carbons (Fsp3) is 0.472. The molecule has 0 aliphatic rings. The van der Waals surface area contributed by atoms with E-state index in [1.807, 2.05) is 60.7 Å². The lowest BCUT2D eigenvalue weighted by Gasteiger charge is -2.26. The first-order valence-electron chi connectivity index (χ1n) is 16.0. The minimum absolute atomic E-state index is 0.148. The summed E-state index contributed by atoms with van der Waals surface area (Å²) >= 11 is 0. The number of ether oxygens (including phenoxy) is 2. The van der Waals surface area contributed by atoms with Crippen LogP contribution in [0.15, 0.2) is 66.9 Å². The summed E-state index contributed by atoms with van der Waals surface area (Å²) in [6.45, 7) is 12.6. The number of benzene rings is 2. The van der Waals surface area contributed by atoms with Gasteiger partial charge in [0.2, 0.25) is 11.8 Å². The molecule has 2 unspecified atom stereocenters. The number of carbonyl (C=O) groups excluding carboxylic acids is 4. The highest BCUT2D eigenvalue weighted by Gasteiger charge is 2.27. The number of anilines is 1. The number of rotatable bonds is 13. The fourth-order valence-electron chi connectivity index (χ4n) is 4.84. The van der Waals surface area contributed by atoms with Gasteiger partial charge in [0, 0.05) is 24.4 Å². The number of hydrogen-bond donors (Lipinski definition) is 4. The molecule has 47 heavy (non-hydrogen) atoms. The van der Waals surface area contributed by atoms with Crippen LogP contribution in [0.1, 0.15) is 66.9 Å². The Bertz CT molecular complexity index is 1470. The highest BCUT2D eigenvalue weighted by molar-refractivity contribution is 5.98. The number of amides is 4. The molecule has 3 aromatic rings. The molecule has 11 heteroatoms. The predicted octanol–water partition coefficient (Wildman–Crippen LogP) is 5.98. The van der Waals surface area contributed by atoms with E-state index in [0.29, 0.717) is 24.9 Å². The zero-order chi connectivity index (χ0) is 34.6. The third-order valence-corrected chi connectivity index (χ3v) is 7.06. The van der Waals surface area contributed by atoms with Crippen molar-refractivity contribution in [2.24, 2.45) is 11.8 Å². The molecular formula is C36H49N5O6. The van der Waals surface area contributed by atoms with Crippen molar-refractivity contribution in [1.82, 2.24) is 20.9 Å². The van der Waals surface area contributed by atoms with Crippen molar-refractivity contribution in [3.8, 4) is 0 Å². The molecule has 2 aromatic carbocycles. The van der Waals surface area contributed by atoms with Crippen molar-refractivity contribution >= 4 is 40.6 Å². The largest absolute Gasteiger partial charge is 0.444 e. The molecule has 254 valence electrons. The van der Waals surface area contributed by atoms with E-state index < -0.39 is 35.3 Å². The van der Waals surface area contributed by atoms with Crippen LogP contribution in [0.3, 0.4) is 0 Å². The van der Waals surface area contributed by atoms with Crippen LogP contribution in [0.25, 0.3) is 10.9 Å². The van der Waals surface area contributed by atoms with Crippen molar-refractivity contribution in [3.05, 3.63) is 72.4 Å². The van der Waals surface area contributed by atoms with Crippen LogP contribution in [0.2, 0.25) is 0 Å². The van der Waals surface area contributed by atoms with Crippen LogP contribution in [0.5, 0.6) is 0 Å². The van der Waals surface area contributed by atoms with Crippen LogP contribution >= 0.6 is 0 Å².